The number of anilines is 1. The number of esters is 1. The number of rotatable bonds is 6. The van der Waals surface area contributed by atoms with Gasteiger partial charge in [0.1, 0.15) is 5.75 Å². The van der Waals surface area contributed by atoms with Gasteiger partial charge in [-0.05, 0) is 56.2 Å². The van der Waals surface area contributed by atoms with Crippen LogP contribution in [0.25, 0.3) is 0 Å². The molecular weight excluding hydrogens is 352 g/mol. The first kappa shape index (κ1) is 19.8. The highest BCUT2D eigenvalue weighted by Gasteiger charge is 2.12. The number of ether oxygens (including phenoxy) is 1. The second-order valence-corrected chi connectivity index (χ2v) is 6.63. The lowest BCUT2D eigenvalue weighted by molar-refractivity contribution is -0.134. The molecule has 0 fully saturated rings. The Morgan fingerprint density at radius 2 is 1.77 bits per heavy atom. The van der Waals surface area contributed by atoms with Gasteiger partial charge in [0, 0.05) is 23.8 Å². The number of nitrogens with one attached hydrogen (secondary N) is 1. The van der Waals surface area contributed by atoms with Crippen molar-refractivity contribution in [2.45, 2.75) is 32.7 Å². The van der Waals surface area contributed by atoms with E-state index < -0.39 is 0 Å². The molecule has 26 heavy (non-hydrogen) atoms. The van der Waals surface area contributed by atoms with Gasteiger partial charge in [-0.1, -0.05) is 29.8 Å². The largest absolute Gasteiger partial charge is 0.427 e. The fraction of sp³-hybridized carbons (Fsp3) is 0.300. The molecule has 0 unspecified atom stereocenters. The van der Waals surface area contributed by atoms with Crippen LogP contribution in [0, 0.1) is 0 Å². The Morgan fingerprint density at radius 1 is 1.12 bits per heavy atom. The average molecular weight is 375 g/mol. The molecule has 0 aliphatic rings. The van der Waals surface area contributed by atoms with E-state index in [1.54, 1.807) is 37.4 Å². The Kier molecular flexibility index (Phi) is 7.04. The van der Waals surface area contributed by atoms with E-state index in [2.05, 4.69) is 5.32 Å². The van der Waals surface area contributed by atoms with Gasteiger partial charge in [-0.15, -0.1) is 0 Å². The summed E-state index contributed by atoms with van der Waals surface area (Å²) in [6.45, 7) is 3.80. The van der Waals surface area contributed by atoms with Crippen molar-refractivity contribution in [2.24, 2.45) is 0 Å². The third-order valence-corrected chi connectivity index (χ3v) is 4.10. The molecule has 2 aromatic carbocycles. The summed E-state index contributed by atoms with van der Waals surface area (Å²) in [5, 5.41) is 3.46. The second-order valence-electron chi connectivity index (χ2n) is 6.22. The van der Waals surface area contributed by atoms with Crippen LogP contribution < -0.4 is 15.0 Å². The van der Waals surface area contributed by atoms with Gasteiger partial charge in [-0.25, -0.2) is 4.79 Å². The molecule has 0 spiro atoms. The first-order chi connectivity index (χ1) is 12.4. The minimum Gasteiger partial charge on any atom is -0.427 e. The zero-order valence-corrected chi connectivity index (χ0v) is 15.9. The summed E-state index contributed by atoms with van der Waals surface area (Å²) in [4.78, 5) is 25.5. The number of benzene rings is 2. The number of urea groups is 1. The molecule has 0 saturated heterocycles. The van der Waals surface area contributed by atoms with Gasteiger partial charge in [-0.3, -0.25) is 9.69 Å². The van der Waals surface area contributed by atoms with Crippen LogP contribution in [0.5, 0.6) is 5.75 Å². The molecule has 0 aromatic heterocycles. The highest BCUT2D eigenvalue weighted by atomic mass is 35.5. The molecule has 0 aliphatic carbocycles. The lowest BCUT2D eigenvalue weighted by Crippen LogP contribution is -2.40. The fourth-order valence-corrected chi connectivity index (χ4v) is 2.55. The maximum absolute atomic E-state index is 12.0. The molecule has 1 N–H and O–H groups in total. The van der Waals surface area contributed by atoms with Crippen LogP contribution in [-0.2, 0) is 11.2 Å². The van der Waals surface area contributed by atoms with E-state index in [-0.39, 0.29) is 24.5 Å². The second kappa shape index (κ2) is 9.25. The van der Waals surface area contributed by atoms with Crippen molar-refractivity contribution < 1.29 is 14.3 Å². The Labute approximate surface area is 158 Å². The standard InChI is InChI=1S/C20H23ClN2O3/c1-14(2)22-20(25)23(3)16-9-11-17(12-10-16)26-19(24)13-8-15-6-4-5-7-18(15)21/h4-7,9-12,14H,8,13H2,1-3H3,(H,22,25). The molecule has 2 rings (SSSR count). The van der Waals surface area contributed by atoms with Crippen molar-refractivity contribution in [1.29, 1.82) is 0 Å². The fourth-order valence-electron chi connectivity index (χ4n) is 2.32. The van der Waals surface area contributed by atoms with Crippen molar-refractivity contribution in [3.05, 3.63) is 59.1 Å². The summed E-state index contributed by atoms with van der Waals surface area (Å²) in [5.41, 5.74) is 1.62. The minimum atomic E-state index is -0.330. The third kappa shape index (κ3) is 5.77. The molecular formula is C20H23ClN2O3. The smallest absolute Gasteiger partial charge is 0.321 e. The lowest BCUT2D eigenvalue weighted by atomic mass is 10.1. The molecule has 2 amide bonds. The van der Waals surface area contributed by atoms with Crippen LogP contribution in [-0.4, -0.2) is 25.1 Å². The quantitative estimate of drug-likeness (QED) is 0.601. The topological polar surface area (TPSA) is 58.6 Å². The first-order valence-electron chi connectivity index (χ1n) is 8.45. The van der Waals surface area contributed by atoms with Gasteiger partial charge in [-0.2, -0.15) is 0 Å². The predicted molar refractivity (Wildman–Crippen MR) is 104 cm³/mol. The molecule has 5 nitrogen and oxygen atoms in total. The SMILES string of the molecule is CC(C)NC(=O)N(C)c1ccc(OC(=O)CCc2ccccc2Cl)cc1. The van der Waals surface area contributed by atoms with Crippen molar-refractivity contribution in [1.82, 2.24) is 5.32 Å². The molecule has 2 aromatic rings. The number of hydrogen-bond donors (Lipinski definition) is 1. The van der Waals surface area contributed by atoms with Crippen molar-refractivity contribution in [3.8, 4) is 5.75 Å². The van der Waals surface area contributed by atoms with E-state index in [1.165, 1.54) is 4.90 Å². The Balaban J connectivity index is 1.89. The first-order valence-corrected chi connectivity index (χ1v) is 8.83. The van der Waals surface area contributed by atoms with E-state index in [9.17, 15) is 9.59 Å². The lowest BCUT2D eigenvalue weighted by Gasteiger charge is -2.20. The predicted octanol–water partition coefficient (Wildman–Crippen LogP) is 4.43. The van der Waals surface area contributed by atoms with E-state index in [4.69, 9.17) is 16.3 Å². The van der Waals surface area contributed by atoms with Gasteiger partial charge in [0.15, 0.2) is 0 Å². The van der Waals surface area contributed by atoms with Crippen LogP contribution >= 0.6 is 11.6 Å². The van der Waals surface area contributed by atoms with E-state index in [1.807, 2.05) is 32.0 Å². The third-order valence-electron chi connectivity index (χ3n) is 3.73. The molecule has 0 saturated carbocycles. The van der Waals surface area contributed by atoms with E-state index in [0.717, 1.165) is 5.56 Å². The van der Waals surface area contributed by atoms with Gasteiger partial charge in [0.2, 0.25) is 0 Å². The Hall–Kier alpha value is -2.53. The molecule has 0 bridgehead atoms. The van der Waals surface area contributed by atoms with Crippen molar-refractivity contribution in [3.63, 3.8) is 0 Å². The normalized spacial score (nSPS) is 10.5. The summed E-state index contributed by atoms with van der Waals surface area (Å²) in [6.07, 6.45) is 0.761. The Morgan fingerprint density at radius 3 is 2.38 bits per heavy atom. The molecule has 0 heterocycles. The molecule has 0 atom stereocenters. The molecule has 0 aliphatic heterocycles. The zero-order chi connectivity index (χ0) is 19.1. The van der Waals surface area contributed by atoms with Crippen LogP contribution in [0.2, 0.25) is 5.02 Å². The van der Waals surface area contributed by atoms with Gasteiger partial charge >= 0.3 is 12.0 Å². The number of amides is 2. The van der Waals surface area contributed by atoms with E-state index in [0.29, 0.717) is 22.9 Å². The molecule has 6 heteroatoms. The van der Waals surface area contributed by atoms with Gasteiger partial charge < -0.3 is 10.1 Å². The van der Waals surface area contributed by atoms with Crippen molar-refractivity contribution in [2.75, 3.05) is 11.9 Å². The average Bonchev–Trinajstić information content (AvgIpc) is 2.60. The Bertz CT molecular complexity index is 760. The van der Waals surface area contributed by atoms with Crippen LogP contribution in [0.1, 0.15) is 25.8 Å². The summed E-state index contributed by atoms with van der Waals surface area (Å²) in [7, 11) is 1.68. The van der Waals surface area contributed by atoms with Crippen LogP contribution in [0.15, 0.2) is 48.5 Å². The van der Waals surface area contributed by atoms with E-state index >= 15 is 0 Å². The maximum atomic E-state index is 12.0. The summed E-state index contributed by atoms with van der Waals surface area (Å²) in [5.74, 6) is 0.110. The maximum Gasteiger partial charge on any atom is 0.321 e. The highest BCUT2D eigenvalue weighted by Crippen LogP contribution is 2.20. The van der Waals surface area contributed by atoms with Crippen LogP contribution in [0.4, 0.5) is 10.5 Å². The number of nitrogens with zero attached hydrogens (tertiary/aromatic N) is 1. The number of carbonyl (C=O) groups excluding carboxylic acids is 2. The summed E-state index contributed by atoms with van der Waals surface area (Å²) in [6, 6.07) is 14.1. The molecule has 138 valence electrons. The van der Waals surface area contributed by atoms with Gasteiger partial charge in [0.25, 0.3) is 0 Å². The van der Waals surface area contributed by atoms with Crippen LogP contribution in [0.3, 0.4) is 0 Å². The summed E-state index contributed by atoms with van der Waals surface area (Å²) < 4.78 is 5.33. The van der Waals surface area contributed by atoms with Crippen molar-refractivity contribution >= 4 is 29.3 Å². The number of halogens is 1. The molecule has 0 radical (unpaired) electrons. The minimum absolute atomic E-state index is 0.0586. The summed E-state index contributed by atoms with van der Waals surface area (Å²) >= 11 is 6.08. The number of carbonyl (C=O) groups is 2. The zero-order valence-electron chi connectivity index (χ0n) is 15.2. The monoisotopic (exact) mass is 374 g/mol. The number of hydrogen-bond acceptors (Lipinski definition) is 3. The highest BCUT2D eigenvalue weighted by molar-refractivity contribution is 6.31. The number of aryl methyl sites for hydroxylation is 1. The van der Waals surface area contributed by atoms with Gasteiger partial charge in [0.05, 0.1) is 6.42 Å².